The van der Waals surface area contributed by atoms with Gasteiger partial charge in [-0.05, 0) is 30.0 Å². The summed E-state index contributed by atoms with van der Waals surface area (Å²) in [5.41, 5.74) is 6.03. The van der Waals surface area contributed by atoms with Gasteiger partial charge in [-0.2, -0.15) is 0 Å². The van der Waals surface area contributed by atoms with Crippen LogP contribution in [-0.4, -0.2) is 11.0 Å². The van der Waals surface area contributed by atoms with Gasteiger partial charge in [-0.1, -0.05) is 25.5 Å². The van der Waals surface area contributed by atoms with Gasteiger partial charge >= 0.3 is 0 Å². The third kappa shape index (κ3) is 3.11. The summed E-state index contributed by atoms with van der Waals surface area (Å²) < 4.78 is 0. The van der Waals surface area contributed by atoms with E-state index in [2.05, 4.69) is 12.2 Å². The Morgan fingerprint density at radius 3 is 2.85 bits per heavy atom. The fraction of sp³-hybridized carbons (Fsp3) is 0.267. The number of aromatic hydroxyl groups is 1. The molecule has 5 heteroatoms. The van der Waals surface area contributed by atoms with Crippen LogP contribution in [0.2, 0.25) is 0 Å². The highest BCUT2D eigenvalue weighted by atomic mass is 32.1. The number of phenolic OH excluding ortho intramolecular Hbond substituents is 1. The number of nitrogen functional groups attached to an aromatic ring is 1. The van der Waals surface area contributed by atoms with Crippen LogP contribution in [0.25, 0.3) is 0 Å². The first-order chi connectivity index (χ1) is 9.63. The fourth-order valence-electron chi connectivity index (χ4n) is 2.04. The maximum atomic E-state index is 12.3. The summed E-state index contributed by atoms with van der Waals surface area (Å²) >= 11 is 1.61. The predicted octanol–water partition coefficient (Wildman–Crippen LogP) is 3.31. The normalized spacial score (nSPS) is 12.1. The maximum absolute atomic E-state index is 12.3. The number of para-hydroxylation sites is 1. The second-order valence-corrected chi connectivity index (χ2v) is 5.55. The van der Waals surface area contributed by atoms with Crippen LogP contribution < -0.4 is 11.1 Å². The smallest absolute Gasteiger partial charge is 0.255 e. The number of rotatable bonds is 5. The lowest BCUT2D eigenvalue weighted by Gasteiger charge is -2.17. The van der Waals surface area contributed by atoms with Crippen molar-refractivity contribution in [3.8, 4) is 5.75 Å². The molecule has 0 radical (unpaired) electrons. The maximum Gasteiger partial charge on any atom is 0.255 e. The molecule has 0 saturated heterocycles. The Balaban J connectivity index is 2.18. The van der Waals surface area contributed by atoms with Gasteiger partial charge in [0.15, 0.2) is 5.75 Å². The molecule has 0 aliphatic carbocycles. The number of hydrogen-bond acceptors (Lipinski definition) is 4. The lowest BCUT2D eigenvalue weighted by Crippen LogP contribution is -2.28. The van der Waals surface area contributed by atoms with E-state index in [4.69, 9.17) is 5.73 Å². The molecule has 2 aromatic rings. The summed E-state index contributed by atoms with van der Waals surface area (Å²) in [5.74, 6) is -0.465. The van der Waals surface area contributed by atoms with Gasteiger partial charge in [0.05, 0.1) is 17.3 Å². The highest BCUT2D eigenvalue weighted by Gasteiger charge is 2.18. The molecule has 1 heterocycles. The van der Waals surface area contributed by atoms with Crippen molar-refractivity contribution >= 4 is 22.9 Å². The molecule has 2 rings (SSSR count). The fourth-order valence-corrected chi connectivity index (χ4v) is 2.86. The Hall–Kier alpha value is -2.01. The summed E-state index contributed by atoms with van der Waals surface area (Å²) in [4.78, 5) is 13.4. The third-order valence-electron chi connectivity index (χ3n) is 3.08. The van der Waals surface area contributed by atoms with Crippen LogP contribution in [0.15, 0.2) is 35.7 Å². The number of nitrogens with one attached hydrogen (secondary N) is 1. The van der Waals surface area contributed by atoms with Crippen molar-refractivity contribution in [2.45, 2.75) is 25.8 Å². The summed E-state index contributed by atoms with van der Waals surface area (Å²) in [5, 5.41) is 14.8. The Morgan fingerprint density at radius 2 is 2.20 bits per heavy atom. The molecule has 1 aromatic heterocycles. The van der Waals surface area contributed by atoms with Crippen molar-refractivity contribution < 1.29 is 9.90 Å². The number of benzene rings is 1. The number of nitrogens with two attached hydrogens (primary N) is 1. The van der Waals surface area contributed by atoms with Crippen LogP contribution in [0, 0.1) is 0 Å². The van der Waals surface area contributed by atoms with Crippen LogP contribution in [-0.2, 0) is 0 Å². The molecule has 106 valence electrons. The zero-order chi connectivity index (χ0) is 14.5. The molecule has 0 aliphatic heterocycles. The van der Waals surface area contributed by atoms with Crippen molar-refractivity contribution in [3.63, 3.8) is 0 Å². The van der Waals surface area contributed by atoms with Gasteiger partial charge in [0.25, 0.3) is 5.91 Å². The standard InChI is InChI=1S/C15H18N2O2S/c1-2-5-12(13-8-4-9-20-13)17-15(19)10-6-3-7-11(16)14(10)18/h3-4,6-9,12,18H,2,5,16H2,1H3,(H,17,19). The van der Waals surface area contributed by atoms with Gasteiger partial charge in [-0.15, -0.1) is 11.3 Å². The number of carbonyl (C=O) groups excluding carboxylic acids is 1. The molecular formula is C15H18N2O2S. The average molecular weight is 290 g/mol. The van der Waals surface area contributed by atoms with E-state index in [-0.39, 0.29) is 28.9 Å². The van der Waals surface area contributed by atoms with E-state index in [1.54, 1.807) is 29.5 Å². The molecule has 0 aliphatic rings. The van der Waals surface area contributed by atoms with Crippen molar-refractivity contribution in [1.82, 2.24) is 5.32 Å². The lowest BCUT2D eigenvalue weighted by atomic mass is 10.1. The molecule has 0 bridgehead atoms. The van der Waals surface area contributed by atoms with Gasteiger partial charge in [-0.25, -0.2) is 0 Å². The topological polar surface area (TPSA) is 75.4 Å². The summed E-state index contributed by atoms with van der Waals surface area (Å²) in [7, 11) is 0. The molecule has 1 aromatic carbocycles. The second kappa shape index (κ2) is 6.43. The van der Waals surface area contributed by atoms with E-state index in [1.807, 2.05) is 17.5 Å². The van der Waals surface area contributed by atoms with E-state index in [0.29, 0.717) is 0 Å². The van der Waals surface area contributed by atoms with Crippen LogP contribution in [0.3, 0.4) is 0 Å². The molecule has 0 spiro atoms. The van der Waals surface area contributed by atoms with E-state index in [0.717, 1.165) is 17.7 Å². The summed E-state index contributed by atoms with van der Waals surface area (Å²) in [6.07, 6.45) is 1.82. The summed E-state index contributed by atoms with van der Waals surface area (Å²) in [6, 6.07) is 8.72. The van der Waals surface area contributed by atoms with Gasteiger partial charge < -0.3 is 16.2 Å². The lowest BCUT2D eigenvalue weighted by molar-refractivity contribution is 0.0932. The van der Waals surface area contributed by atoms with E-state index < -0.39 is 0 Å². The number of phenols is 1. The van der Waals surface area contributed by atoms with Crippen LogP contribution in [0.5, 0.6) is 5.75 Å². The first-order valence-corrected chi connectivity index (χ1v) is 7.43. The first kappa shape index (κ1) is 14.4. The van der Waals surface area contributed by atoms with Gasteiger partial charge in [-0.3, -0.25) is 4.79 Å². The van der Waals surface area contributed by atoms with Crippen molar-refractivity contribution in [1.29, 1.82) is 0 Å². The number of carbonyl (C=O) groups is 1. The minimum Gasteiger partial charge on any atom is -0.505 e. The molecule has 1 atom stereocenters. The van der Waals surface area contributed by atoms with Gasteiger partial charge in [0, 0.05) is 4.88 Å². The molecule has 0 saturated carbocycles. The Morgan fingerprint density at radius 1 is 1.40 bits per heavy atom. The number of thiophene rings is 1. The molecule has 1 unspecified atom stereocenters. The second-order valence-electron chi connectivity index (χ2n) is 4.57. The number of amides is 1. The zero-order valence-corrected chi connectivity index (χ0v) is 12.1. The Bertz CT molecular complexity index is 582. The molecule has 20 heavy (non-hydrogen) atoms. The Labute approximate surface area is 122 Å². The van der Waals surface area contributed by atoms with Gasteiger partial charge in [0.2, 0.25) is 0 Å². The monoisotopic (exact) mass is 290 g/mol. The van der Waals surface area contributed by atoms with Crippen molar-refractivity contribution in [2.24, 2.45) is 0 Å². The van der Waals surface area contributed by atoms with Crippen molar-refractivity contribution in [3.05, 3.63) is 46.2 Å². The summed E-state index contributed by atoms with van der Waals surface area (Å²) in [6.45, 7) is 2.07. The molecule has 1 amide bonds. The number of anilines is 1. The molecule has 4 N–H and O–H groups in total. The average Bonchev–Trinajstić information content (AvgIpc) is 2.95. The first-order valence-electron chi connectivity index (χ1n) is 6.55. The highest BCUT2D eigenvalue weighted by Crippen LogP contribution is 2.27. The molecule has 4 nitrogen and oxygen atoms in total. The molecular weight excluding hydrogens is 272 g/mol. The SMILES string of the molecule is CCCC(NC(=O)c1cccc(N)c1O)c1cccs1. The minimum atomic E-state index is -0.304. The van der Waals surface area contributed by atoms with E-state index in [9.17, 15) is 9.90 Å². The number of hydrogen-bond donors (Lipinski definition) is 3. The van der Waals surface area contributed by atoms with E-state index >= 15 is 0 Å². The van der Waals surface area contributed by atoms with Crippen LogP contribution in [0.1, 0.15) is 41.0 Å². The minimum absolute atomic E-state index is 0.0340. The largest absolute Gasteiger partial charge is 0.505 e. The Kier molecular flexibility index (Phi) is 4.63. The van der Waals surface area contributed by atoms with E-state index in [1.165, 1.54) is 0 Å². The van der Waals surface area contributed by atoms with Crippen LogP contribution in [0.4, 0.5) is 5.69 Å². The zero-order valence-electron chi connectivity index (χ0n) is 11.3. The van der Waals surface area contributed by atoms with Crippen LogP contribution >= 0.6 is 11.3 Å². The molecule has 0 fully saturated rings. The quantitative estimate of drug-likeness (QED) is 0.584. The predicted molar refractivity (Wildman–Crippen MR) is 82.0 cm³/mol. The van der Waals surface area contributed by atoms with Crippen molar-refractivity contribution in [2.75, 3.05) is 5.73 Å². The third-order valence-corrected chi connectivity index (χ3v) is 4.07. The van der Waals surface area contributed by atoms with Gasteiger partial charge in [0.1, 0.15) is 0 Å². The highest BCUT2D eigenvalue weighted by molar-refractivity contribution is 7.10.